The molecular weight excluding hydrogens is 258 g/mol. The lowest BCUT2D eigenvalue weighted by Gasteiger charge is -2.17. The van der Waals surface area contributed by atoms with Crippen molar-refractivity contribution in [3.8, 4) is 5.75 Å². The first-order valence-electron chi connectivity index (χ1n) is 6.48. The lowest BCUT2D eigenvalue weighted by Crippen LogP contribution is -2.28. The molecule has 1 aromatic heterocycles. The number of aromatic nitrogens is 2. The van der Waals surface area contributed by atoms with Gasteiger partial charge in [-0.1, -0.05) is 17.3 Å². The first-order valence-corrected chi connectivity index (χ1v) is 6.48. The van der Waals surface area contributed by atoms with Crippen molar-refractivity contribution in [2.45, 2.75) is 12.3 Å². The number of carbonyl (C=O) groups is 1. The van der Waals surface area contributed by atoms with Crippen molar-refractivity contribution in [1.29, 1.82) is 0 Å². The average Bonchev–Trinajstić information content (AvgIpc) is 3.16. The number of methoxy groups -OCH3 is 1. The van der Waals surface area contributed by atoms with E-state index in [9.17, 15) is 4.79 Å². The molecule has 1 amide bonds. The van der Waals surface area contributed by atoms with Crippen molar-refractivity contribution in [2.24, 2.45) is 0 Å². The van der Waals surface area contributed by atoms with E-state index in [4.69, 9.17) is 9.26 Å². The Morgan fingerprint density at radius 1 is 1.45 bits per heavy atom. The average molecular weight is 273 g/mol. The van der Waals surface area contributed by atoms with E-state index in [0.29, 0.717) is 30.2 Å². The number of nitrogens with zero attached hydrogens (tertiary/aromatic N) is 3. The molecule has 0 saturated carbocycles. The Labute approximate surface area is 116 Å². The van der Waals surface area contributed by atoms with Crippen LogP contribution in [0.25, 0.3) is 0 Å². The van der Waals surface area contributed by atoms with Gasteiger partial charge in [-0.15, -0.1) is 0 Å². The number of likely N-dealkylation sites (tertiary alicyclic amines) is 1. The van der Waals surface area contributed by atoms with Gasteiger partial charge in [-0.05, 0) is 18.6 Å². The Morgan fingerprint density at radius 3 is 3.05 bits per heavy atom. The molecule has 3 rings (SSSR count). The third kappa shape index (κ3) is 2.24. The smallest absolute Gasteiger partial charge is 0.257 e. The van der Waals surface area contributed by atoms with Gasteiger partial charge in [-0.3, -0.25) is 4.79 Å². The van der Waals surface area contributed by atoms with E-state index in [-0.39, 0.29) is 11.8 Å². The van der Waals surface area contributed by atoms with Crippen LogP contribution in [0.4, 0.5) is 0 Å². The molecule has 2 heterocycles. The van der Waals surface area contributed by atoms with E-state index in [1.807, 2.05) is 12.1 Å². The maximum absolute atomic E-state index is 12.5. The molecule has 0 N–H and O–H groups in total. The summed E-state index contributed by atoms with van der Waals surface area (Å²) in [5.41, 5.74) is 0.587. The third-order valence-corrected chi connectivity index (χ3v) is 3.56. The summed E-state index contributed by atoms with van der Waals surface area (Å²) < 4.78 is 10.00. The first kappa shape index (κ1) is 12.7. The second kappa shape index (κ2) is 5.32. The van der Waals surface area contributed by atoms with Crippen LogP contribution in [0.2, 0.25) is 0 Å². The third-order valence-electron chi connectivity index (χ3n) is 3.56. The molecule has 6 heteroatoms. The van der Waals surface area contributed by atoms with Crippen LogP contribution in [-0.2, 0) is 0 Å². The number of carbonyl (C=O) groups excluding carboxylic acids is 1. The van der Waals surface area contributed by atoms with Gasteiger partial charge in [0, 0.05) is 19.0 Å². The molecule has 1 atom stereocenters. The molecule has 1 aliphatic heterocycles. The van der Waals surface area contributed by atoms with E-state index in [1.54, 1.807) is 24.1 Å². The molecule has 0 aliphatic carbocycles. The molecule has 20 heavy (non-hydrogen) atoms. The number of rotatable bonds is 3. The van der Waals surface area contributed by atoms with Crippen LogP contribution in [0.15, 0.2) is 35.2 Å². The molecule has 104 valence electrons. The Morgan fingerprint density at radius 2 is 2.30 bits per heavy atom. The molecule has 6 nitrogen and oxygen atoms in total. The topological polar surface area (TPSA) is 68.5 Å². The van der Waals surface area contributed by atoms with Gasteiger partial charge in [-0.2, -0.15) is 4.98 Å². The quantitative estimate of drug-likeness (QED) is 0.851. The zero-order chi connectivity index (χ0) is 13.9. The maximum Gasteiger partial charge on any atom is 0.257 e. The van der Waals surface area contributed by atoms with Crippen LogP contribution in [-0.4, -0.2) is 41.1 Å². The second-order valence-corrected chi connectivity index (χ2v) is 4.73. The van der Waals surface area contributed by atoms with Gasteiger partial charge in [0.2, 0.25) is 6.39 Å². The van der Waals surface area contributed by atoms with Crippen molar-refractivity contribution in [1.82, 2.24) is 15.0 Å². The molecule has 1 fully saturated rings. The van der Waals surface area contributed by atoms with Gasteiger partial charge in [0.05, 0.1) is 12.7 Å². The van der Waals surface area contributed by atoms with Crippen LogP contribution >= 0.6 is 0 Å². The molecule has 0 unspecified atom stereocenters. The zero-order valence-corrected chi connectivity index (χ0v) is 11.2. The maximum atomic E-state index is 12.5. The van der Waals surface area contributed by atoms with Gasteiger partial charge < -0.3 is 14.2 Å². The van der Waals surface area contributed by atoms with E-state index in [0.717, 1.165) is 6.42 Å². The fraction of sp³-hybridized carbons (Fsp3) is 0.357. The number of hydrogen-bond donors (Lipinski definition) is 0. The number of amides is 1. The molecule has 0 spiro atoms. The molecular formula is C14H15N3O3. The Kier molecular flexibility index (Phi) is 3.37. The van der Waals surface area contributed by atoms with Gasteiger partial charge >= 0.3 is 0 Å². The number of ether oxygens (including phenoxy) is 1. The number of para-hydroxylation sites is 1. The highest BCUT2D eigenvalue weighted by Crippen LogP contribution is 2.27. The van der Waals surface area contributed by atoms with E-state index in [2.05, 4.69) is 10.1 Å². The van der Waals surface area contributed by atoms with Crippen molar-refractivity contribution < 1.29 is 14.1 Å². The monoisotopic (exact) mass is 273 g/mol. The first-order chi connectivity index (χ1) is 9.79. The largest absolute Gasteiger partial charge is 0.496 e. The van der Waals surface area contributed by atoms with Crippen LogP contribution in [0, 0.1) is 0 Å². The van der Waals surface area contributed by atoms with E-state index in [1.165, 1.54) is 6.39 Å². The van der Waals surface area contributed by atoms with E-state index < -0.39 is 0 Å². The highest BCUT2D eigenvalue weighted by molar-refractivity contribution is 5.97. The fourth-order valence-corrected chi connectivity index (χ4v) is 2.51. The predicted molar refractivity (Wildman–Crippen MR) is 70.6 cm³/mol. The second-order valence-electron chi connectivity index (χ2n) is 4.73. The summed E-state index contributed by atoms with van der Waals surface area (Å²) in [7, 11) is 1.57. The molecule has 1 saturated heterocycles. The summed E-state index contributed by atoms with van der Waals surface area (Å²) in [6.07, 6.45) is 2.17. The Bertz CT molecular complexity index is 597. The summed E-state index contributed by atoms with van der Waals surface area (Å²) >= 11 is 0. The van der Waals surface area contributed by atoms with Crippen molar-refractivity contribution in [3.63, 3.8) is 0 Å². The predicted octanol–water partition coefficient (Wildman–Crippen LogP) is 1.71. The van der Waals surface area contributed by atoms with Gasteiger partial charge in [0.15, 0.2) is 5.82 Å². The molecule has 0 radical (unpaired) electrons. The zero-order valence-electron chi connectivity index (χ0n) is 11.2. The van der Waals surface area contributed by atoms with Crippen LogP contribution in [0.3, 0.4) is 0 Å². The molecule has 0 bridgehead atoms. The van der Waals surface area contributed by atoms with Gasteiger partial charge in [-0.25, -0.2) is 0 Å². The van der Waals surface area contributed by atoms with Crippen molar-refractivity contribution in [2.75, 3.05) is 20.2 Å². The highest BCUT2D eigenvalue weighted by Gasteiger charge is 2.31. The minimum absolute atomic E-state index is 0.0200. The SMILES string of the molecule is COc1ccccc1C(=O)N1CC[C@H](c2ncon2)C1. The van der Waals surface area contributed by atoms with Crippen molar-refractivity contribution >= 4 is 5.91 Å². The molecule has 1 aliphatic rings. The summed E-state index contributed by atoms with van der Waals surface area (Å²) in [5, 5.41) is 3.85. The number of benzene rings is 1. The molecule has 2 aromatic rings. The lowest BCUT2D eigenvalue weighted by molar-refractivity contribution is 0.0787. The summed E-state index contributed by atoms with van der Waals surface area (Å²) in [6, 6.07) is 7.26. The summed E-state index contributed by atoms with van der Waals surface area (Å²) in [5.74, 6) is 1.39. The standard InChI is InChI=1S/C14H15N3O3/c1-19-12-5-3-2-4-11(12)14(18)17-7-6-10(8-17)13-15-9-20-16-13/h2-5,9-10H,6-8H2,1H3/t10-/m0/s1. The van der Waals surface area contributed by atoms with Crippen LogP contribution < -0.4 is 4.74 Å². The minimum Gasteiger partial charge on any atom is -0.496 e. The van der Waals surface area contributed by atoms with Gasteiger partial charge in [0.1, 0.15) is 5.75 Å². The fourth-order valence-electron chi connectivity index (χ4n) is 2.51. The summed E-state index contributed by atoms with van der Waals surface area (Å²) in [4.78, 5) is 18.4. The number of hydrogen-bond acceptors (Lipinski definition) is 5. The summed E-state index contributed by atoms with van der Waals surface area (Å²) in [6.45, 7) is 1.30. The van der Waals surface area contributed by atoms with Gasteiger partial charge in [0.25, 0.3) is 5.91 Å². The highest BCUT2D eigenvalue weighted by atomic mass is 16.5. The Balaban J connectivity index is 1.76. The lowest BCUT2D eigenvalue weighted by atomic mass is 10.1. The Hall–Kier alpha value is -2.37. The normalized spacial score (nSPS) is 18.2. The minimum atomic E-state index is -0.0200. The van der Waals surface area contributed by atoms with Crippen LogP contribution in [0.1, 0.15) is 28.5 Å². The van der Waals surface area contributed by atoms with Crippen LogP contribution in [0.5, 0.6) is 5.75 Å². The molecule has 1 aromatic carbocycles. The van der Waals surface area contributed by atoms with Crippen molar-refractivity contribution in [3.05, 3.63) is 42.0 Å². The van der Waals surface area contributed by atoms with E-state index >= 15 is 0 Å².